The molecule has 0 radical (unpaired) electrons. The molecule has 0 saturated heterocycles. The summed E-state index contributed by atoms with van der Waals surface area (Å²) in [7, 11) is 0. The maximum Gasteiger partial charge on any atom is 0.420 e. The Hall–Kier alpha value is -1.55. The van der Waals surface area contributed by atoms with E-state index in [1.165, 1.54) is 0 Å². The first-order valence-electron chi connectivity index (χ1n) is 6.11. The van der Waals surface area contributed by atoms with Crippen LogP contribution in [0.1, 0.15) is 25.3 Å². The Kier molecular flexibility index (Phi) is 2.52. The minimum atomic E-state index is -0.253. The summed E-state index contributed by atoms with van der Waals surface area (Å²) in [5.41, 5.74) is 7.34. The largest absolute Gasteiger partial charge is 0.420 e. The monoisotopic (exact) mass is 232 g/mol. The van der Waals surface area contributed by atoms with Gasteiger partial charge in [-0.3, -0.25) is 4.57 Å². The zero-order chi connectivity index (χ0) is 11.8. The van der Waals surface area contributed by atoms with Gasteiger partial charge in [-0.2, -0.15) is 0 Å². The Bertz CT molecular complexity index is 584. The van der Waals surface area contributed by atoms with E-state index in [-0.39, 0.29) is 11.8 Å². The number of nitrogens with two attached hydrogens (primary N) is 1. The number of oxazole rings is 1. The fourth-order valence-corrected chi connectivity index (χ4v) is 2.93. The number of hydrogen-bond acceptors (Lipinski definition) is 3. The van der Waals surface area contributed by atoms with E-state index in [0.29, 0.717) is 18.0 Å². The van der Waals surface area contributed by atoms with Crippen molar-refractivity contribution in [3.05, 3.63) is 34.8 Å². The fourth-order valence-electron chi connectivity index (χ4n) is 2.93. The molecule has 2 aromatic rings. The first-order chi connectivity index (χ1) is 8.31. The lowest BCUT2D eigenvalue weighted by atomic mass is 10.0. The Morgan fingerprint density at radius 2 is 2.18 bits per heavy atom. The third-order valence-corrected chi connectivity index (χ3v) is 3.77. The van der Waals surface area contributed by atoms with E-state index in [9.17, 15) is 4.79 Å². The van der Waals surface area contributed by atoms with Crippen molar-refractivity contribution in [2.45, 2.75) is 25.3 Å². The second-order valence-electron chi connectivity index (χ2n) is 4.70. The molecule has 2 N–H and O–H groups in total. The van der Waals surface area contributed by atoms with Crippen LogP contribution in [-0.2, 0) is 0 Å². The molecule has 1 aliphatic rings. The van der Waals surface area contributed by atoms with Crippen LogP contribution >= 0.6 is 0 Å². The maximum absolute atomic E-state index is 11.9. The molecule has 90 valence electrons. The predicted octanol–water partition coefficient (Wildman–Crippen LogP) is 1.89. The SMILES string of the molecule is NCC1CCCC1n1c(=O)oc2ccccc21. The molecule has 0 bridgehead atoms. The third-order valence-electron chi connectivity index (χ3n) is 3.77. The first-order valence-corrected chi connectivity index (χ1v) is 6.11. The van der Waals surface area contributed by atoms with Crippen molar-refractivity contribution < 1.29 is 4.42 Å². The number of hydrogen-bond donors (Lipinski definition) is 1. The number of fused-ring (bicyclic) bond motifs is 1. The third kappa shape index (κ3) is 1.60. The minimum absolute atomic E-state index is 0.205. The van der Waals surface area contributed by atoms with Crippen LogP contribution in [-0.4, -0.2) is 11.1 Å². The quantitative estimate of drug-likeness (QED) is 0.860. The second-order valence-corrected chi connectivity index (χ2v) is 4.70. The summed E-state index contributed by atoms with van der Waals surface area (Å²) in [5.74, 6) is 0.144. The van der Waals surface area contributed by atoms with E-state index >= 15 is 0 Å². The molecule has 1 aromatic heterocycles. The molecule has 1 aromatic carbocycles. The summed E-state index contributed by atoms with van der Waals surface area (Å²) in [6.45, 7) is 0.636. The lowest BCUT2D eigenvalue weighted by Gasteiger charge is -2.18. The Morgan fingerprint density at radius 3 is 3.00 bits per heavy atom. The number of para-hydroxylation sites is 2. The Labute approximate surface area is 99.0 Å². The van der Waals surface area contributed by atoms with Crippen LogP contribution in [0.25, 0.3) is 11.1 Å². The van der Waals surface area contributed by atoms with Crippen LogP contribution in [0.15, 0.2) is 33.5 Å². The highest BCUT2D eigenvalue weighted by molar-refractivity contribution is 5.72. The number of rotatable bonds is 2. The van der Waals surface area contributed by atoms with Gasteiger partial charge in [0.25, 0.3) is 0 Å². The summed E-state index contributed by atoms with van der Waals surface area (Å²) in [6, 6.07) is 7.78. The van der Waals surface area contributed by atoms with Gasteiger partial charge in [0.15, 0.2) is 5.58 Å². The molecule has 1 saturated carbocycles. The molecule has 1 aliphatic carbocycles. The number of aromatic nitrogens is 1. The van der Waals surface area contributed by atoms with Crippen LogP contribution in [0.4, 0.5) is 0 Å². The van der Waals surface area contributed by atoms with Gasteiger partial charge >= 0.3 is 5.76 Å². The van der Waals surface area contributed by atoms with Gasteiger partial charge in [0.1, 0.15) is 0 Å². The van der Waals surface area contributed by atoms with E-state index in [4.69, 9.17) is 10.2 Å². The normalized spacial score (nSPS) is 24.5. The second kappa shape index (κ2) is 4.04. The molecule has 17 heavy (non-hydrogen) atoms. The van der Waals surface area contributed by atoms with Gasteiger partial charge in [-0.1, -0.05) is 18.6 Å². The van der Waals surface area contributed by atoms with Crippen LogP contribution in [0.5, 0.6) is 0 Å². The lowest BCUT2D eigenvalue weighted by Crippen LogP contribution is -2.27. The molecule has 1 fully saturated rings. The molecule has 0 amide bonds. The number of benzene rings is 1. The number of nitrogens with zero attached hydrogens (tertiary/aromatic N) is 1. The van der Waals surface area contributed by atoms with Crippen LogP contribution in [0.3, 0.4) is 0 Å². The molecule has 0 aliphatic heterocycles. The van der Waals surface area contributed by atoms with Gasteiger partial charge in [-0.05, 0) is 37.4 Å². The van der Waals surface area contributed by atoms with Crippen molar-refractivity contribution in [2.75, 3.05) is 6.54 Å². The summed E-state index contributed by atoms with van der Waals surface area (Å²) < 4.78 is 7.06. The molecule has 4 nitrogen and oxygen atoms in total. The van der Waals surface area contributed by atoms with E-state index in [1.807, 2.05) is 24.3 Å². The highest BCUT2D eigenvalue weighted by Crippen LogP contribution is 2.35. The van der Waals surface area contributed by atoms with Gasteiger partial charge in [-0.15, -0.1) is 0 Å². The van der Waals surface area contributed by atoms with Crippen LogP contribution < -0.4 is 11.5 Å². The Balaban J connectivity index is 2.16. The van der Waals surface area contributed by atoms with E-state index in [0.717, 1.165) is 24.8 Å². The maximum atomic E-state index is 11.9. The van der Waals surface area contributed by atoms with Crippen molar-refractivity contribution in [3.63, 3.8) is 0 Å². The highest BCUT2D eigenvalue weighted by Gasteiger charge is 2.30. The molecule has 1 heterocycles. The summed E-state index contributed by atoms with van der Waals surface area (Å²) in [5, 5.41) is 0. The van der Waals surface area contributed by atoms with Crippen LogP contribution in [0, 0.1) is 5.92 Å². The fraction of sp³-hybridized carbons (Fsp3) is 0.462. The standard InChI is InChI=1S/C13H16N2O2/c14-8-9-4-3-6-10(9)15-11-5-1-2-7-12(11)17-13(15)16/h1-2,5,7,9-10H,3-4,6,8,14H2. The Morgan fingerprint density at radius 1 is 1.35 bits per heavy atom. The molecule has 3 rings (SSSR count). The van der Waals surface area contributed by atoms with E-state index in [2.05, 4.69) is 0 Å². The molecular formula is C13H16N2O2. The van der Waals surface area contributed by atoms with E-state index in [1.54, 1.807) is 4.57 Å². The zero-order valence-corrected chi connectivity index (χ0v) is 9.63. The minimum Gasteiger partial charge on any atom is -0.408 e. The smallest absolute Gasteiger partial charge is 0.408 e. The highest BCUT2D eigenvalue weighted by atomic mass is 16.4. The van der Waals surface area contributed by atoms with Crippen molar-refractivity contribution in [1.82, 2.24) is 4.57 Å². The van der Waals surface area contributed by atoms with Gasteiger partial charge in [0.05, 0.1) is 5.52 Å². The van der Waals surface area contributed by atoms with Crippen LogP contribution in [0.2, 0.25) is 0 Å². The van der Waals surface area contributed by atoms with Crippen molar-refractivity contribution >= 4 is 11.1 Å². The first kappa shape index (κ1) is 10.6. The van der Waals surface area contributed by atoms with Gasteiger partial charge in [-0.25, -0.2) is 4.79 Å². The molecular weight excluding hydrogens is 216 g/mol. The van der Waals surface area contributed by atoms with Crippen molar-refractivity contribution in [3.8, 4) is 0 Å². The lowest BCUT2D eigenvalue weighted by molar-refractivity contribution is 0.363. The van der Waals surface area contributed by atoms with Gasteiger partial charge < -0.3 is 10.2 Å². The topological polar surface area (TPSA) is 61.2 Å². The molecule has 4 heteroatoms. The van der Waals surface area contributed by atoms with E-state index < -0.39 is 0 Å². The summed E-state index contributed by atoms with van der Waals surface area (Å²) >= 11 is 0. The summed E-state index contributed by atoms with van der Waals surface area (Å²) in [4.78, 5) is 11.9. The predicted molar refractivity (Wildman–Crippen MR) is 65.9 cm³/mol. The van der Waals surface area contributed by atoms with Gasteiger partial charge in [0, 0.05) is 6.04 Å². The average Bonchev–Trinajstić information content (AvgIpc) is 2.90. The van der Waals surface area contributed by atoms with Gasteiger partial charge in [0.2, 0.25) is 0 Å². The average molecular weight is 232 g/mol. The molecule has 2 unspecified atom stereocenters. The van der Waals surface area contributed by atoms with Crippen molar-refractivity contribution in [1.29, 1.82) is 0 Å². The summed E-state index contributed by atoms with van der Waals surface area (Å²) in [6.07, 6.45) is 3.26. The molecule has 0 spiro atoms. The molecule has 2 atom stereocenters. The zero-order valence-electron chi connectivity index (χ0n) is 9.63. The van der Waals surface area contributed by atoms with Crippen molar-refractivity contribution in [2.24, 2.45) is 11.7 Å².